The predicted molar refractivity (Wildman–Crippen MR) is 107 cm³/mol. The molecule has 0 bridgehead atoms. The average Bonchev–Trinajstić information content (AvgIpc) is 2.73. The predicted octanol–water partition coefficient (Wildman–Crippen LogP) is 1.51. The van der Waals surface area contributed by atoms with Gasteiger partial charge in [0.25, 0.3) is 0 Å². The van der Waals surface area contributed by atoms with Gasteiger partial charge in [-0.25, -0.2) is 0 Å². The molecule has 2 aromatic rings. The summed E-state index contributed by atoms with van der Waals surface area (Å²) < 4.78 is 10.3. The number of benzene rings is 2. The van der Waals surface area contributed by atoms with E-state index in [0.717, 1.165) is 5.56 Å². The fourth-order valence-electron chi connectivity index (χ4n) is 3.07. The van der Waals surface area contributed by atoms with E-state index in [4.69, 9.17) is 9.47 Å². The second-order valence-electron chi connectivity index (χ2n) is 6.59. The molecule has 1 saturated heterocycles. The molecule has 0 unspecified atom stereocenters. The van der Waals surface area contributed by atoms with Gasteiger partial charge in [-0.2, -0.15) is 0 Å². The Kier molecular flexibility index (Phi) is 6.33. The molecule has 0 spiro atoms. The molecule has 0 radical (unpaired) electrons. The number of nitrogens with one attached hydrogen (secondary N) is 1. The monoisotopic (exact) mass is 397 g/mol. The lowest BCUT2D eigenvalue weighted by Crippen LogP contribution is -2.55. The van der Waals surface area contributed by atoms with Crippen LogP contribution in [-0.2, 0) is 20.9 Å². The molecule has 8 nitrogen and oxygen atoms in total. The Morgan fingerprint density at radius 1 is 0.931 bits per heavy atom. The lowest BCUT2D eigenvalue weighted by molar-refractivity contribution is -0.157. The molecule has 3 amide bonds. The van der Waals surface area contributed by atoms with Gasteiger partial charge in [-0.15, -0.1) is 0 Å². The highest BCUT2D eigenvalue weighted by molar-refractivity contribution is 6.35. The summed E-state index contributed by atoms with van der Waals surface area (Å²) >= 11 is 0. The van der Waals surface area contributed by atoms with Gasteiger partial charge in [-0.1, -0.05) is 30.3 Å². The van der Waals surface area contributed by atoms with Crippen LogP contribution < -0.4 is 14.8 Å². The van der Waals surface area contributed by atoms with Crippen LogP contribution in [-0.4, -0.2) is 61.4 Å². The third-order valence-corrected chi connectivity index (χ3v) is 4.58. The number of nitrogens with zero attached hydrogens (tertiary/aromatic N) is 2. The van der Waals surface area contributed by atoms with Crippen LogP contribution in [0.3, 0.4) is 0 Å². The lowest BCUT2D eigenvalue weighted by atomic mass is 10.2. The zero-order valence-corrected chi connectivity index (χ0v) is 16.4. The number of carbonyl (C=O) groups excluding carboxylic acids is 3. The molecule has 1 fully saturated rings. The molecule has 1 aliphatic rings. The minimum absolute atomic E-state index is 0.205. The number of carbonyl (C=O) groups is 3. The van der Waals surface area contributed by atoms with Crippen molar-refractivity contribution in [3.8, 4) is 11.5 Å². The number of amides is 3. The summed E-state index contributed by atoms with van der Waals surface area (Å²) in [6.07, 6.45) is 0. The van der Waals surface area contributed by atoms with Crippen LogP contribution in [0.25, 0.3) is 0 Å². The summed E-state index contributed by atoms with van der Waals surface area (Å²) in [4.78, 5) is 40.0. The normalized spacial score (nSPS) is 14.0. The highest BCUT2D eigenvalue weighted by Crippen LogP contribution is 2.25. The topological polar surface area (TPSA) is 88.2 Å². The SMILES string of the molecule is COc1cc(NC(=O)CN2CCN(Cc3ccccc3)C(=O)C2=O)cc(OC)c1. The van der Waals surface area contributed by atoms with Crippen molar-refractivity contribution >= 4 is 23.4 Å². The molecule has 0 saturated carbocycles. The van der Waals surface area contributed by atoms with E-state index in [1.807, 2.05) is 30.3 Å². The molecule has 8 heteroatoms. The van der Waals surface area contributed by atoms with Gasteiger partial charge in [-0.05, 0) is 5.56 Å². The Morgan fingerprint density at radius 2 is 1.52 bits per heavy atom. The molecule has 0 aromatic heterocycles. The van der Waals surface area contributed by atoms with E-state index >= 15 is 0 Å². The van der Waals surface area contributed by atoms with E-state index in [0.29, 0.717) is 36.8 Å². The fourth-order valence-corrected chi connectivity index (χ4v) is 3.07. The largest absolute Gasteiger partial charge is 0.497 e. The highest BCUT2D eigenvalue weighted by atomic mass is 16.5. The zero-order valence-electron chi connectivity index (χ0n) is 16.4. The van der Waals surface area contributed by atoms with E-state index in [9.17, 15) is 14.4 Å². The number of anilines is 1. The van der Waals surface area contributed by atoms with Crippen LogP contribution in [0.1, 0.15) is 5.56 Å². The van der Waals surface area contributed by atoms with E-state index in [1.165, 1.54) is 24.0 Å². The van der Waals surface area contributed by atoms with Crippen molar-refractivity contribution in [1.29, 1.82) is 0 Å². The van der Waals surface area contributed by atoms with Crippen molar-refractivity contribution in [2.45, 2.75) is 6.54 Å². The fraction of sp³-hybridized carbons (Fsp3) is 0.286. The number of hydrogen-bond acceptors (Lipinski definition) is 5. The van der Waals surface area contributed by atoms with Crippen molar-refractivity contribution in [3.63, 3.8) is 0 Å². The maximum Gasteiger partial charge on any atom is 0.312 e. The Balaban J connectivity index is 1.59. The molecule has 29 heavy (non-hydrogen) atoms. The standard InChI is InChI=1S/C21H23N3O5/c1-28-17-10-16(11-18(12-17)29-2)22-19(25)14-24-9-8-23(20(26)21(24)27)13-15-6-4-3-5-7-15/h3-7,10-12H,8-9,13-14H2,1-2H3,(H,22,25). The molecule has 0 aliphatic carbocycles. The van der Waals surface area contributed by atoms with Gasteiger partial charge in [0.2, 0.25) is 5.91 Å². The van der Waals surface area contributed by atoms with E-state index in [1.54, 1.807) is 18.2 Å². The van der Waals surface area contributed by atoms with Gasteiger partial charge < -0.3 is 24.6 Å². The first-order valence-electron chi connectivity index (χ1n) is 9.15. The van der Waals surface area contributed by atoms with E-state index < -0.39 is 17.7 Å². The van der Waals surface area contributed by atoms with Gasteiger partial charge in [0.15, 0.2) is 0 Å². The summed E-state index contributed by atoms with van der Waals surface area (Å²) in [5, 5.41) is 2.71. The van der Waals surface area contributed by atoms with Crippen molar-refractivity contribution < 1.29 is 23.9 Å². The van der Waals surface area contributed by atoms with Crippen LogP contribution in [0.2, 0.25) is 0 Å². The van der Waals surface area contributed by atoms with Crippen LogP contribution >= 0.6 is 0 Å². The number of piperazine rings is 1. The summed E-state index contributed by atoms with van der Waals surface area (Å²) in [6.45, 7) is 0.838. The second-order valence-corrected chi connectivity index (χ2v) is 6.59. The molecule has 3 rings (SSSR count). The Morgan fingerprint density at radius 3 is 2.14 bits per heavy atom. The van der Waals surface area contributed by atoms with Gasteiger partial charge in [-0.3, -0.25) is 14.4 Å². The lowest BCUT2D eigenvalue weighted by Gasteiger charge is -2.33. The Bertz CT molecular complexity index is 878. The van der Waals surface area contributed by atoms with Crippen LogP contribution in [0.4, 0.5) is 5.69 Å². The van der Waals surface area contributed by atoms with Crippen LogP contribution in [0.5, 0.6) is 11.5 Å². The van der Waals surface area contributed by atoms with E-state index in [-0.39, 0.29) is 6.54 Å². The molecule has 2 aromatic carbocycles. The van der Waals surface area contributed by atoms with Gasteiger partial charge in [0, 0.05) is 43.5 Å². The quantitative estimate of drug-likeness (QED) is 0.716. The Labute approximate surface area is 169 Å². The number of ether oxygens (including phenoxy) is 2. The molecule has 1 aliphatic heterocycles. The van der Waals surface area contributed by atoms with Crippen molar-refractivity contribution in [3.05, 3.63) is 54.1 Å². The molecular weight excluding hydrogens is 374 g/mol. The molecule has 0 atom stereocenters. The first-order valence-corrected chi connectivity index (χ1v) is 9.15. The first-order chi connectivity index (χ1) is 14.0. The maximum absolute atomic E-state index is 12.4. The summed E-state index contributed by atoms with van der Waals surface area (Å²) in [5.74, 6) is -0.625. The molecule has 1 heterocycles. The molecular formula is C21H23N3O5. The van der Waals surface area contributed by atoms with E-state index in [2.05, 4.69) is 5.32 Å². The third-order valence-electron chi connectivity index (χ3n) is 4.58. The van der Waals surface area contributed by atoms with Gasteiger partial charge in [0.05, 0.1) is 14.2 Å². The first kappa shape index (κ1) is 20.2. The smallest absolute Gasteiger partial charge is 0.312 e. The van der Waals surface area contributed by atoms with Crippen molar-refractivity contribution in [2.24, 2.45) is 0 Å². The number of rotatable bonds is 7. The van der Waals surface area contributed by atoms with Crippen molar-refractivity contribution in [1.82, 2.24) is 9.80 Å². The second kappa shape index (κ2) is 9.09. The minimum atomic E-state index is -0.675. The molecule has 1 N–H and O–H groups in total. The van der Waals surface area contributed by atoms with Crippen LogP contribution in [0, 0.1) is 0 Å². The summed E-state index contributed by atoms with van der Waals surface area (Å²) in [5.41, 5.74) is 1.43. The Hall–Kier alpha value is -3.55. The number of hydrogen-bond donors (Lipinski definition) is 1. The summed E-state index contributed by atoms with van der Waals surface area (Å²) in [7, 11) is 3.03. The molecule has 152 valence electrons. The maximum atomic E-state index is 12.4. The third kappa shape index (κ3) is 5.04. The zero-order chi connectivity index (χ0) is 20.8. The minimum Gasteiger partial charge on any atom is -0.497 e. The highest BCUT2D eigenvalue weighted by Gasteiger charge is 2.33. The number of methoxy groups -OCH3 is 2. The van der Waals surface area contributed by atoms with Crippen LogP contribution in [0.15, 0.2) is 48.5 Å². The average molecular weight is 397 g/mol. The summed E-state index contributed by atoms with van der Waals surface area (Å²) in [6, 6.07) is 14.4. The van der Waals surface area contributed by atoms with Gasteiger partial charge >= 0.3 is 11.8 Å². The van der Waals surface area contributed by atoms with Crippen molar-refractivity contribution in [2.75, 3.05) is 39.2 Å². The van der Waals surface area contributed by atoms with Gasteiger partial charge in [0.1, 0.15) is 18.0 Å².